The number of halogens is 3. The number of ether oxygens (including phenoxy) is 3. The molecule has 0 spiro atoms. The lowest BCUT2D eigenvalue weighted by Gasteiger charge is -2.46. The van der Waals surface area contributed by atoms with Crippen LogP contribution in [0.2, 0.25) is 0 Å². The standard InChI is InChI=1S/C17H25Cl3N2O6/c1-15(2)5-10(6-16(3,4)21-15)26-11(23)7-22-8-12(24)27-14(18)17(19,20)28-13(25)9-22/h10,14,21H,5-9H2,1-4H3. The number of cyclic esters (lactones) is 2. The minimum absolute atomic E-state index is 0.196. The van der Waals surface area contributed by atoms with Gasteiger partial charge in [-0.05, 0) is 27.7 Å². The van der Waals surface area contributed by atoms with Crippen LogP contribution in [0.25, 0.3) is 0 Å². The Hall–Kier alpha value is -0.800. The Kier molecular flexibility index (Phi) is 7.14. The summed E-state index contributed by atoms with van der Waals surface area (Å²) >= 11 is 17.3. The van der Waals surface area contributed by atoms with Gasteiger partial charge in [0.2, 0.25) is 5.56 Å². The summed E-state index contributed by atoms with van der Waals surface area (Å²) in [6.07, 6.45) is 0.989. The SMILES string of the molecule is CC1(C)CC(OC(=O)CN2CC(=O)OC(Cl)C(Cl)(Cl)OC(=O)C2)CC(C)(C)N1. The normalized spacial score (nSPS) is 28.3. The maximum Gasteiger partial charge on any atom is 0.322 e. The second kappa shape index (κ2) is 8.52. The lowest BCUT2D eigenvalue weighted by Crippen LogP contribution is -2.60. The maximum atomic E-state index is 12.4. The van der Waals surface area contributed by atoms with Gasteiger partial charge in [0.05, 0.1) is 19.6 Å². The van der Waals surface area contributed by atoms with Gasteiger partial charge >= 0.3 is 22.4 Å². The third kappa shape index (κ3) is 6.91. The van der Waals surface area contributed by atoms with Gasteiger partial charge in [-0.15, -0.1) is 0 Å². The topological polar surface area (TPSA) is 94.2 Å². The molecule has 0 aromatic heterocycles. The highest BCUT2D eigenvalue weighted by molar-refractivity contribution is 6.51. The molecule has 1 unspecified atom stereocenters. The van der Waals surface area contributed by atoms with Crippen LogP contribution in [-0.4, -0.2) is 69.7 Å². The van der Waals surface area contributed by atoms with Crippen molar-refractivity contribution in [1.29, 1.82) is 0 Å². The molecule has 160 valence electrons. The number of hydrogen-bond acceptors (Lipinski definition) is 8. The monoisotopic (exact) mass is 458 g/mol. The summed E-state index contributed by atoms with van der Waals surface area (Å²) in [7, 11) is 0. The van der Waals surface area contributed by atoms with Crippen molar-refractivity contribution in [2.45, 2.75) is 67.8 Å². The minimum atomic E-state index is -2.23. The number of carbonyl (C=O) groups is 3. The summed E-state index contributed by atoms with van der Waals surface area (Å²) in [5, 5.41) is 3.50. The van der Waals surface area contributed by atoms with E-state index >= 15 is 0 Å². The first-order chi connectivity index (χ1) is 12.7. The lowest BCUT2D eigenvalue weighted by atomic mass is 9.81. The van der Waals surface area contributed by atoms with Crippen LogP contribution >= 0.6 is 34.8 Å². The van der Waals surface area contributed by atoms with Crippen molar-refractivity contribution in [1.82, 2.24) is 10.2 Å². The van der Waals surface area contributed by atoms with E-state index in [4.69, 9.17) is 49.0 Å². The number of alkyl halides is 3. The maximum absolute atomic E-state index is 12.4. The number of nitrogens with zero attached hydrogens (tertiary/aromatic N) is 1. The van der Waals surface area contributed by atoms with E-state index in [-0.39, 0.29) is 30.3 Å². The van der Waals surface area contributed by atoms with E-state index in [1.165, 1.54) is 4.90 Å². The van der Waals surface area contributed by atoms with Crippen LogP contribution in [0.1, 0.15) is 40.5 Å². The number of carbonyl (C=O) groups excluding carboxylic acids is 3. The molecule has 28 heavy (non-hydrogen) atoms. The molecule has 2 aliphatic heterocycles. The molecule has 2 fully saturated rings. The van der Waals surface area contributed by atoms with Crippen LogP contribution in [0.15, 0.2) is 0 Å². The van der Waals surface area contributed by atoms with Crippen LogP contribution in [0.5, 0.6) is 0 Å². The van der Waals surface area contributed by atoms with Crippen molar-refractivity contribution in [3.05, 3.63) is 0 Å². The second-order valence-electron chi connectivity index (χ2n) is 8.40. The summed E-state index contributed by atoms with van der Waals surface area (Å²) in [6, 6.07) is 0. The van der Waals surface area contributed by atoms with E-state index in [0.29, 0.717) is 12.8 Å². The summed E-state index contributed by atoms with van der Waals surface area (Å²) in [6.45, 7) is 7.06. The molecule has 0 amide bonds. The quantitative estimate of drug-likeness (QED) is 0.389. The molecule has 2 saturated heterocycles. The fourth-order valence-corrected chi connectivity index (χ4v) is 4.11. The lowest BCUT2D eigenvalue weighted by molar-refractivity contribution is -0.156. The summed E-state index contributed by atoms with van der Waals surface area (Å²) in [5.41, 5.74) is -1.98. The Morgan fingerprint density at radius 2 is 1.68 bits per heavy atom. The Balaban J connectivity index is 2.00. The molecule has 11 heteroatoms. The molecule has 2 heterocycles. The molecule has 1 N–H and O–H groups in total. The first kappa shape index (κ1) is 23.5. The number of hydrogen-bond donors (Lipinski definition) is 1. The van der Waals surface area contributed by atoms with Gasteiger partial charge in [0.1, 0.15) is 6.10 Å². The van der Waals surface area contributed by atoms with E-state index in [0.717, 1.165) is 0 Å². The largest absolute Gasteiger partial charge is 0.461 e. The number of piperidine rings is 1. The van der Waals surface area contributed by atoms with E-state index < -0.39 is 34.5 Å². The summed E-state index contributed by atoms with van der Waals surface area (Å²) in [5.74, 6) is -2.23. The zero-order valence-electron chi connectivity index (χ0n) is 16.2. The Morgan fingerprint density at radius 3 is 2.25 bits per heavy atom. The second-order valence-corrected chi connectivity index (χ2v) is 10.1. The molecule has 0 bridgehead atoms. The number of nitrogens with one attached hydrogen (secondary N) is 1. The molecular formula is C17H25Cl3N2O6. The van der Waals surface area contributed by atoms with Gasteiger partial charge in [-0.3, -0.25) is 19.3 Å². The van der Waals surface area contributed by atoms with Gasteiger partial charge in [-0.1, -0.05) is 34.8 Å². The van der Waals surface area contributed by atoms with Crippen molar-refractivity contribution < 1.29 is 28.6 Å². The summed E-state index contributed by atoms with van der Waals surface area (Å²) in [4.78, 5) is 37.6. The smallest absolute Gasteiger partial charge is 0.322 e. The molecule has 0 aromatic rings. The van der Waals surface area contributed by atoms with Gasteiger partial charge in [0.25, 0.3) is 0 Å². The fourth-order valence-electron chi connectivity index (χ4n) is 3.70. The van der Waals surface area contributed by atoms with Crippen LogP contribution in [-0.2, 0) is 28.6 Å². The molecule has 8 nitrogen and oxygen atoms in total. The van der Waals surface area contributed by atoms with Crippen LogP contribution in [0, 0.1) is 0 Å². The zero-order chi connectivity index (χ0) is 21.3. The first-order valence-corrected chi connectivity index (χ1v) is 10.0. The number of rotatable bonds is 3. The zero-order valence-corrected chi connectivity index (χ0v) is 18.5. The van der Waals surface area contributed by atoms with Crippen LogP contribution in [0.4, 0.5) is 0 Å². The highest BCUT2D eigenvalue weighted by atomic mass is 35.5. The van der Waals surface area contributed by atoms with Gasteiger partial charge in [-0.2, -0.15) is 0 Å². The fraction of sp³-hybridized carbons (Fsp3) is 0.824. The first-order valence-electron chi connectivity index (χ1n) is 8.82. The van der Waals surface area contributed by atoms with Gasteiger partial charge in [0.15, 0.2) is 0 Å². The molecule has 0 aromatic carbocycles. The van der Waals surface area contributed by atoms with Crippen molar-refractivity contribution in [2.24, 2.45) is 0 Å². The molecule has 2 aliphatic rings. The van der Waals surface area contributed by atoms with E-state index in [1.54, 1.807) is 0 Å². The molecule has 1 atom stereocenters. The average Bonchev–Trinajstić information content (AvgIpc) is 2.43. The van der Waals surface area contributed by atoms with Gasteiger partial charge in [-0.25, -0.2) is 0 Å². The van der Waals surface area contributed by atoms with Crippen LogP contribution in [0.3, 0.4) is 0 Å². The highest BCUT2D eigenvalue weighted by Gasteiger charge is 2.43. The molecule has 2 rings (SSSR count). The minimum Gasteiger partial charge on any atom is -0.461 e. The van der Waals surface area contributed by atoms with E-state index in [2.05, 4.69) is 5.32 Å². The predicted molar refractivity (Wildman–Crippen MR) is 103 cm³/mol. The Bertz CT molecular complexity index is 624. The Morgan fingerprint density at radius 1 is 1.14 bits per heavy atom. The van der Waals surface area contributed by atoms with Gasteiger partial charge < -0.3 is 19.5 Å². The van der Waals surface area contributed by atoms with Crippen molar-refractivity contribution in [2.75, 3.05) is 19.6 Å². The van der Waals surface area contributed by atoms with Crippen LogP contribution < -0.4 is 5.32 Å². The Labute approximate surface area is 179 Å². The molecular weight excluding hydrogens is 435 g/mol. The third-order valence-corrected chi connectivity index (χ3v) is 5.43. The molecule has 0 aliphatic carbocycles. The third-order valence-electron chi connectivity index (χ3n) is 4.26. The average molecular weight is 460 g/mol. The molecule has 0 radical (unpaired) electrons. The van der Waals surface area contributed by atoms with E-state index in [1.807, 2.05) is 27.7 Å². The van der Waals surface area contributed by atoms with Crippen molar-refractivity contribution in [3.8, 4) is 0 Å². The van der Waals surface area contributed by atoms with Crippen molar-refractivity contribution >= 4 is 52.7 Å². The molecule has 0 saturated carbocycles. The predicted octanol–water partition coefficient (Wildman–Crippen LogP) is 1.94. The van der Waals surface area contributed by atoms with Crippen molar-refractivity contribution in [3.63, 3.8) is 0 Å². The number of esters is 3. The van der Waals surface area contributed by atoms with Gasteiger partial charge in [0, 0.05) is 23.9 Å². The van der Waals surface area contributed by atoms with E-state index in [9.17, 15) is 14.4 Å². The highest BCUT2D eigenvalue weighted by Crippen LogP contribution is 2.33. The summed E-state index contributed by atoms with van der Waals surface area (Å²) < 4.78 is 13.0.